The number of pyridine rings is 1. The molecule has 1 aromatic carbocycles. The summed E-state index contributed by atoms with van der Waals surface area (Å²) < 4.78 is 0. The fraction of sp³-hybridized carbons (Fsp3) is 0.393. The van der Waals surface area contributed by atoms with Crippen molar-refractivity contribution in [3.8, 4) is 11.1 Å². The van der Waals surface area contributed by atoms with Gasteiger partial charge in [-0.25, -0.2) is 0 Å². The normalized spacial score (nSPS) is 15.7. The number of aromatic nitrogens is 5. The Hall–Kier alpha value is -4.41. The Morgan fingerprint density at radius 1 is 1.21 bits per heavy atom. The number of nitrogens with zero attached hydrogens (tertiary/aromatic N) is 6. The molecule has 0 unspecified atom stereocenters. The molecule has 11 nitrogen and oxygen atoms in total. The van der Waals surface area contributed by atoms with E-state index in [-0.39, 0.29) is 29.2 Å². The molecule has 2 N–H and O–H groups in total. The monoisotopic (exact) mass is 530 g/mol. The second kappa shape index (κ2) is 11.1. The minimum absolute atomic E-state index is 0.0156. The van der Waals surface area contributed by atoms with Crippen LogP contribution in [0, 0.1) is 6.92 Å². The van der Waals surface area contributed by atoms with Crippen LogP contribution < -0.4 is 15.5 Å². The zero-order chi connectivity index (χ0) is 28.3. The van der Waals surface area contributed by atoms with Gasteiger partial charge in [0.25, 0.3) is 11.7 Å². The van der Waals surface area contributed by atoms with Crippen molar-refractivity contribution < 1.29 is 14.4 Å². The summed E-state index contributed by atoms with van der Waals surface area (Å²) in [6.07, 6.45) is 4.27. The highest BCUT2D eigenvalue weighted by molar-refractivity contribution is 5.99. The summed E-state index contributed by atoms with van der Waals surface area (Å²) in [4.78, 5) is 45.0. The van der Waals surface area contributed by atoms with Crippen LogP contribution in [0.1, 0.15) is 62.3 Å². The lowest BCUT2D eigenvalue weighted by Gasteiger charge is -2.34. The number of benzene rings is 1. The molecule has 0 radical (unpaired) electrons. The minimum atomic E-state index is -0.401. The van der Waals surface area contributed by atoms with Crippen molar-refractivity contribution in [1.29, 1.82) is 0 Å². The summed E-state index contributed by atoms with van der Waals surface area (Å²) >= 11 is 0. The lowest BCUT2D eigenvalue weighted by Crippen LogP contribution is -2.50. The summed E-state index contributed by atoms with van der Waals surface area (Å²) in [5, 5.41) is 17.8. The van der Waals surface area contributed by atoms with Gasteiger partial charge in [0.2, 0.25) is 11.8 Å². The summed E-state index contributed by atoms with van der Waals surface area (Å²) in [5.41, 5.74) is 4.41. The van der Waals surface area contributed by atoms with Gasteiger partial charge in [-0.1, -0.05) is 24.8 Å². The molecule has 1 fully saturated rings. The maximum atomic E-state index is 12.9. The number of amides is 3. The van der Waals surface area contributed by atoms with E-state index in [9.17, 15) is 14.4 Å². The van der Waals surface area contributed by atoms with E-state index in [1.807, 2.05) is 52.0 Å². The van der Waals surface area contributed by atoms with E-state index in [1.54, 1.807) is 24.2 Å². The number of carbonyl (C=O) groups excluding carboxylic acids is 3. The zero-order valence-corrected chi connectivity index (χ0v) is 23.0. The molecular formula is C28H34N8O3. The van der Waals surface area contributed by atoms with Gasteiger partial charge in [0.15, 0.2) is 0 Å². The van der Waals surface area contributed by atoms with Crippen LogP contribution >= 0.6 is 0 Å². The van der Waals surface area contributed by atoms with Crippen LogP contribution in [0.3, 0.4) is 0 Å². The molecule has 0 bridgehead atoms. The molecule has 0 aliphatic carbocycles. The second-order valence-corrected chi connectivity index (χ2v) is 10.8. The van der Waals surface area contributed by atoms with Crippen molar-refractivity contribution in [2.24, 2.45) is 0 Å². The van der Waals surface area contributed by atoms with E-state index in [0.717, 1.165) is 22.3 Å². The largest absolute Gasteiger partial charge is 0.348 e. The van der Waals surface area contributed by atoms with Gasteiger partial charge in [-0.2, -0.15) is 4.80 Å². The van der Waals surface area contributed by atoms with E-state index >= 15 is 0 Å². The van der Waals surface area contributed by atoms with Gasteiger partial charge in [0.05, 0.1) is 17.4 Å². The van der Waals surface area contributed by atoms with Gasteiger partial charge in [-0.05, 0) is 69.0 Å². The molecule has 1 aliphatic rings. The summed E-state index contributed by atoms with van der Waals surface area (Å²) in [7, 11) is 0. The third-order valence-electron chi connectivity index (χ3n) is 6.53. The first kappa shape index (κ1) is 27.6. The standard InChI is InChI=1S/C28H34N8O3/c1-17(2)26(38)31-21-9-10-24(37)35(16-21)23-15-29-12-11-22(23)19-7-8-20(18(3)13-19)14-30-27(39)25-32-34-36(33-25)28(4,5)6/h7-8,11-13,15,21H,1,9-10,14,16H2,2-6H3,(H,30,39)(H,31,38)/t21-/m1/s1. The molecule has 0 spiro atoms. The second-order valence-electron chi connectivity index (χ2n) is 10.8. The van der Waals surface area contributed by atoms with Gasteiger partial charge in [0.1, 0.15) is 0 Å². The Bertz CT molecular complexity index is 1420. The lowest BCUT2D eigenvalue weighted by molar-refractivity contribution is -0.122. The number of carbonyl (C=O) groups is 3. The molecule has 11 heteroatoms. The molecule has 1 atom stereocenters. The molecule has 39 heavy (non-hydrogen) atoms. The van der Waals surface area contributed by atoms with E-state index in [1.165, 1.54) is 4.80 Å². The molecular weight excluding hydrogens is 496 g/mol. The minimum Gasteiger partial charge on any atom is -0.348 e. The predicted octanol–water partition coefficient (Wildman–Crippen LogP) is 2.92. The number of piperidine rings is 1. The smallest absolute Gasteiger partial charge is 0.293 e. The van der Waals surface area contributed by atoms with E-state index in [4.69, 9.17) is 0 Å². The molecule has 4 rings (SSSR count). The Morgan fingerprint density at radius 2 is 1.97 bits per heavy atom. The third kappa shape index (κ3) is 6.36. The van der Waals surface area contributed by atoms with Crippen molar-refractivity contribution in [1.82, 2.24) is 35.8 Å². The van der Waals surface area contributed by atoms with Crippen LogP contribution in [-0.2, 0) is 21.7 Å². The first-order valence-electron chi connectivity index (χ1n) is 12.8. The molecule has 3 aromatic rings. The highest BCUT2D eigenvalue weighted by atomic mass is 16.2. The fourth-order valence-electron chi connectivity index (χ4n) is 4.26. The first-order valence-corrected chi connectivity index (χ1v) is 12.8. The van der Waals surface area contributed by atoms with Crippen molar-refractivity contribution in [2.75, 3.05) is 11.4 Å². The third-order valence-corrected chi connectivity index (χ3v) is 6.53. The van der Waals surface area contributed by atoms with Crippen LogP contribution in [-0.4, -0.2) is 55.5 Å². The number of hydrogen-bond donors (Lipinski definition) is 2. The van der Waals surface area contributed by atoms with Crippen LogP contribution in [0.2, 0.25) is 0 Å². The van der Waals surface area contributed by atoms with E-state index in [2.05, 4.69) is 37.6 Å². The molecule has 1 aliphatic heterocycles. The van der Waals surface area contributed by atoms with Gasteiger partial charge in [-0.15, -0.1) is 10.2 Å². The highest BCUT2D eigenvalue weighted by Crippen LogP contribution is 2.33. The average molecular weight is 531 g/mol. The van der Waals surface area contributed by atoms with E-state index in [0.29, 0.717) is 37.2 Å². The molecule has 3 amide bonds. The Labute approximate surface area is 227 Å². The number of hydrogen-bond acceptors (Lipinski definition) is 7. The van der Waals surface area contributed by atoms with Crippen molar-refractivity contribution >= 4 is 23.4 Å². The summed E-state index contributed by atoms with van der Waals surface area (Å²) in [6.45, 7) is 13.8. The fourth-order valence-corrected chi connectivity index (χ4v) is 4.26. The molecule has 1 saturated heterocycles. The van der Waals surface area contributed by atoms with Crippen LogP contribution in [0.5, 0.6) is 0 Å². The molecule has 0 saturated carbocycles. The maximum absolute atomic E-state index is 12.9. The zero-order valence-electron chi connectivity index (χ0n) is 23.0. The van der Waals surface area contributed by atoms with Gasteiger partial charge < -0.3 is 15.5 Å². The van der Waals surface area contributed by atoms with Gasteiger partial charge in [-0.3, -0.25) is 19.4 Å². The number of aryl methyl sites for hydroxylation is 1. The molecule has 204 valence electrons. The lowest BCUT2D eigenvalue weighted by atomic mass is 9.97. The highest BCUT2D eigenvalue weighted by Gasteiger charge is 2.29. The van der Waals surface area contributed by atoms with Crippen LogP contribution in [0.15, 0.2) is 48.8 Å². The Morgan fingerprint density at radius 3 is 2.64 bits per heavy atom. The Kier molecular flexibility index (Phi) is 7.89. The number of rotatable bonds is 7. The van der Waals surface area contributed by atoms with Gasteiger partial charge >= 0.3 is 0 Å². The van der Waals surface area contributed by atoms with Crippen molar-refractivity contribution in [3.05, 3.63) is 65.8 Å². The number of nitrogens with one attached hydrogen (secondary N) is 2. The predicted molar refractivity (Wildman–Crippen MR) is 147 cm³/mol. The summed E-state index contributed by atoms with van der Waals surface area (Å²) in [5.74, 6) is -0.612. The average Bonchev–Trinajstić information content (AvgIpc) is 3.40. The number of tetrazole rings is 1. The van der Waals surface area contributed by atoms with Gasteiger partial charge in [0, 0.05) is 42.9 Å². The van der Waals surface area contributed by atoms with E-state index < -0.39 is 5.91 Å². The van der Waals surface area contributed by atoms with Crippen LogP contribution in [0.25, 0.3) is 11.1 Å². The summed E-state index contributed by atoms with van der Waals surface area (Å²) in [6, 6.07) is 7.62. The quantitative estimate of drug-likeness (QED) is 0.449. The molecule has 3 heterocycles. The van der Waals surface area contributed by atoms with Crippen molar-refractivity contribution in [3.63, 3.8) is 0 Å². The Balaban J connectivity index is 1.50. The maximum Gasteiger partial charge on any atom is 0.293 e. The molecule has 2 aromatic heterocycles. The van der Waals surface area contributed by atoms with Crippen LogP contribution in [0.4, 0.5) is 5.69 Å². The van der Waals surface area contributed by atoms with Crippen molar-refractivity contribution in [2.45, 2.75) is 65.6 Å². The number of anilines is 1. The SMILES string of the molecule is C=C(C)C(=O)N[C@@H]1CCC(=O)N(c2cnccc2-c2ccc(CNC(=O)c3nnn(C(C)(C)C)n3)c(C)c2)C1. The topological polar surface area (TPSA) is 135 Å². The first-order chi connectivity index (χ1) is 18.4.